The van der Waals surface area contributed by atoms with E-state index in [0.29, 0.717) is 10.6 Å². The highest BCUT2D eigenvalue weighted by molar-refractivity contribution is 7.10. The van der Waals surface area contributed by atoms with Crippen LogP contribution < -0.4 is 10.6 Å². The summed E-state index contributed by atoms with van der Waals surface area (Å²) in [6.45, 7) is 0.177. The molecule has 1 heterocycles. The molecule has 0 saturated heterocycles. The Labute approximate surface area is 171 Å². The normalized spacial score (nSPS) is 11.6. The Balaban J connectivity index is 1.59. The number of amides is 2. The molecule has 28 heavy (non-hydrogen) atoms. The molecule has 3 aromatic rings. The van der Waals surface area contributed by atoms with Gasteiger partial charge >= 0.3 is 0 Å². The van der Waals surface area contributed by atoms with E-state index < -0.39 is 0 Å². The molecular weight excluding hydrogens is 399 g/mol. The topological polar surface area (TPSA) is 58.2 Å². The first-order valence-electron chi connectivity index (χ1n) is 8.65. The number of nitrogens with one attached hydrogen (secondary N) is 2. The summed E-state index contributed by atoms with van der Waals surface area (Å²) >= 11 is 7.51. The van der Waals surface area contributed by atoms with Gasteiger partial charge in [0, 0.05) is 17.8 Å². The first-order chi connectivity index (χ1) is 13.5. The third kappa shape index (κ3) is 5.18. The largest absolute Gasteiger partial charge is 0.351 e. The fraction of sp³-hybridized carbons (Fsp3) is 0.143. The van der Waals surface area contributed by atoms with Gasteiger partial charge in [-0.25, -0.2) is 4.39 Å². The van der Waals surface area contributed by atoms with Crippen LogP contribution in [0.25, 0.3) is 0 Å². The van der Waals surface area contributed by atoms with Gasteiger partial charge in [0.1, 0.15) is 5.82 Å². The molecule has 2 aromatic carbocycles. The van der Waals surface area contributed by atoms with Crippen molar-refractivity contribution >= 4 is 34.8 Å². The van der Waals surface area contributed by atoms with Crippen LogP contribution in [-0.2, 0) is 4.79 Å². The fourth-order valence-electron chi connectivity index (χ4n) is 2.69. The summed E-state index contributed by atoms with van der Waals surface area (Å²) in [7, 11) is 0. The van der Waals surface area contributed by atoms with Gasteiger partial charge in [0.15, 0.2) is 0 Å². The highest BCUT2D eigenvalue weighted by atomic mass is 35.5. The second-order valence-corrected chi connectivity index (χ2v) is 7.44. The summed E-state index contributed by atoms with van der Waals surface area (Å²) in [5, 5.41) is 7.92. The van der Waals surface area contributed by atoms with E-state index in [0.717, 1.165) is 10.4 Å². The summed E-state index contributed by atoms with van der Waals surface area (Å²) in [4.78, 5) is 25.5. The van der Waals surface area contributed by atoms with Crippen molar-refractivity contribution in [3.05, 3.63) is 92.9 Å². The van der Waals surface area contributed by atoms with Gasteiger partial charge in [0.2, 0.25) is 5.91 Å². The van der Waals surface area contributed by atoms with E-state index in [9.17, 15) is 14.0 Å². The van der Waals surface area contributed by atoms with Crippen LogP contribution in [0.4, 0.5) is 4.39 Å². The number of carbonyl (C=O) groups is 2. The van der Waals surface area contributed by atoms with Crippen LogP contribution in [0.1, 0.15) is 33.3 Å². The number of hydrogen-bond acceptors (Lipinski definition) is 3. The predicted octanol–water partition coefficient (Wildman–Crippen LogP) is 4.57. The molecule has 4 nitrogen and oxygen atoms in total. The number of halogens is 2. The molecule has 2 N–H and O–H groups in total. The molecule has 3 rings (SSSR count). The number of carbonyl (C=O) groups excluding carboxylic acids is 2. The zero-order chi connectivity index (χ0) is 19.9. The molecule has 0 bridgehead atoms. The second-order valence-electron chi connectivity index (χ2n) is 6.05. The van der Waals surface area contributed by atoms with Crippen LogP contribution in [0.5, 0.6) is 0 Å². The number of hydrogen-bond donors (Lipinski definition) is 2. The maximum Gasteiger partial charge on any atom is 0.252 e. The van der Waals surface area contributed by atoms with Crippen LogP contribution in [0, 0.1) is 5.82 Å². The third-order valence-corrected chi connectivity index (χ3v) is 5.36. The molecule has 1 atom stereocenters. The minimum Gasteiger partial charge on any atom is -0.351 e. The molecule has 0 aliphatic rings. The zero-order valence-electron chi connectivity index (χ0n) is 14.8. The summed E-state index contributed by atoms with van der Waals surface area (Å²) < 4.78 is 13.2. The van der Waals surface area contributed by atoms with Crippen LogP contribution in [0.2, 0.25) is 5.02 Å². The summed E-state index contributed by atoms with van der Waals surface area (Å²) in [6.07, 6.45) is 0.110. The van der Waals surface area contributed by atoms with E-state index in [1.807, 2.05) is 17.5 Å². The van der Waals surface area contributed by atoms with Crippen molar-refractivity contribution < 1.29 is 14.0 Å². The fourth-order valence-corrected chi connectivity index (χ4v) is 3.72. The lowest BCUT2D eigenvalue weighted by molar-refractivity contribution is -0.121. The van der Waals surface area contributed by atoms with Gasteiger partial charge in [-0.15, -0.1) is 11.3 Å². The van der Waals surface area contributed by atoms with Crippen molar-refractivity contribution in [1.82, 2.24) is 10.6 Å². The Morgan fingerprint density at radius 2 is 1.79 bits per heavy atom. The average molecular weight is 417 g/mol. The lowest BCUT2D eigenvalue weighted by Gasteiger charge is -2.18. The standard InChI is InChI=1S/C21H18ClFN2O2S/c22-17-5-2-1-4-16(17)21(27)24-12-11-19(26)25-20(18-6-3-13-28-18)14-7-9-15(23)10-8-14/h1-10,13,20H,11-12H2,(H,24,27)(H,25,26). The molecule has 1 unspecified atom stereocenters. The van der Waals surface area contributed by atoms with E-state index in [2.05, 4.69) is 10.6 Å². The van der Waals surface area contributed by atoms with Crippen molar-refractivity contribution in [2.45, 2.75) is 12.5 Å². The van der Waals surface area contributed by atoms with E-state index >= 15 is 0 Å². The van der Waals surface area contributed by atoms with Crippen molar-refractivity contribution in [3.63, 3.8) is 0 Å². The summed E-state index contributed by atoms with van der Waals surface area (Å²) in [5.74, 6) is -0.879. The molecule has 0 spiro atoms. The predicted molar refractivity (Wildman–Crippen MR) is 109 cm³/mol. The van der Waals surface area contributed by atoms with Gasteiger partial charge in [0.25, 0.3) is 5.91 Å². The van der Waals surface area contributed by atoms with E-state index in [1.165, 1.54) is 23.5 Å². The zero-order valence-corrected chi connectivity index (χ0v) is 16.4. The van der Waals surface area contributed by atoms with Crippen molar-refractivity contribution in [2.75, 3.05) is 6.54 Å². The maximum atomic E-state index is 13.2. The first kappa shape index (κ1) is 20.0. The lowest BCUT2D eigenvalue weighted by Crippen LogP contribution is -2.33. The van der Waals surface area contributed by atoms with Gasteiger partial charge in [-0.2, -0.15) is 0 Å². The van der Waals surface area contributed by atoms with Gasteiger partial charge in [-0.3, -0.25) is 9.59 Å². The van der Waals surface area contributed by atoms with Crippen molar-refractivity contribution in [3.8, 4) is 0 Å². The number of benzene rings is 2. The molecule has 0 saturated carbocycles. The van der Waals surface area contributed by atoms with Crippen molar-refractivity contribution in [2.24, 2.45) is 0 Å². The molecule has 7 heteroatoms. The van der Waals surface area contributed by atoms with Gasteiger partial charge in [-0.1, -0.05) is 41.9 Å². The Hall–Kier alpha value is -2.70. The van der Waals surface area contributed by atoms with Crippen molar-refractivity contribution in [1.29, 1.82) is 0 Å². The van der Waals surface area contributed by atoms with Crippen LogP contribution >= 0.6 is 22.9 Å². The second kappa shape index (κ2) is 9.48. The van der Waals surface area contributed by atoms with E-state index in [4.69, 9.17) is 11.6 Å². The van der Waals surface area contributed by atoms with Gasteiger partial charge in [0.05, 0.1) is 16.6 Å². The van der Waals surface area contributed by atoms with Gasteiger partial charge in [-0.05, 0) is 41.3 Å². The number of thiophene rings is 1. The minimum atomic E-state index is -0.368. The first-order valence-corrected chi connectivity index (χ1v) is 9.91. The Morgan fingerprint density at radius 1 is 1.04 bits per heavy atom. The Morgan fingerprint density at radius 3 is 2.46 bits per heavy atom. The molecule has 0 radical (unpaired) electrons. The molecule has 0 aliphatic carbocycles. The Bertz CT molecular complexity index is 945. The molecule has 0 aliphatic heterocycles. The lowest BCUT2D eigenvalue weighted by atomic mass is 10.1. The smallest absolute Gasteiger partial charge is 0.252 e. The summed E-state index contributed by atoms with van der Waals surface area (Å²) in [5.41, 5.74) is 1.16. The molecular formula is C21H18ClFN2O2S. The van der Waals surface area contributed by atoms with E-state index in [1.54, 1.807) is 36.4 Å². The van der Waals surface area contributed by atoms with Crippen LogP contribution in [0.15, 0.2) is 66.0 Å². The quantitative estimate of drug-likeness (QED) is 0.593. The highest BCUT2D eigenvalue weighted by Crippen LogP contribution is 2.26. The molecule has 1 aromatic heterocycles. The monoisotopic (exact) mass is 416 g/mol. The summed E-state index contributed by atoms with van der Waals surface area (Å²) in [6, 6.07) is 16.2. The Kier molecular flexibility index (Phi) is 6.79. The highest BCUT2D eigenvalue weighted by Gasteiger charge is 2.18. The van der Waals surface area contributed by atoms with E-state index in [-0.39, 0.29) is 36.6 Å². The van der Waals surface area contributed by atoms with Crippen LogP contribution in [0.3, 0.4) is 0 Å². The third-order valence-electron chi connectivity index (χ3n) is 4.09. The number of rotatable bonds is 7. The minimum absolute atomic E-state index is 0.110. The molecule has 144 valence electrons. The van der Waals surface area contributed by atoms with Gasteiger partial charge < -0.3 is 10.6 Å². The SMILES string of the molecule is O=C(CCNC(=O)c1ccccc1Cl)NC(c1ccc(F)cc1)c1cccs1. The molecule has 2 amide bonds. The molecule has 0 fully saturated rings. The average Bonchev–Trinajstić information content (AvgIpc) is 3.22. The maximum absolute atomic E-state index is 13.2. The van der Waals surface area contributed by atoms with Crippen LogP contribution in [-0.4, -0.2) is 18.4 Å².